The Hall–Kier alpha value is -1.57. The van der Waals surface area contributed by atoms with Gasteiger partial charge in [0.1, 0.15) is 0 Å². The quantitative estimate of drug-likeness (QED) is 0.567. The SMILES string of the molecule is COC(=O)c1ccccc1S(=O)(=O)N1CCN(S(=O)(=O)N2CCOCC2)CC1. The Labute approximate surface area is 164 Å². The summed E-state index contributed by atoms with van der Waals surface area (Å²) in [7, 11) is -6.44. The van der Waals surface area contributed by atoms with Gasteiger partial charge in [0.15, 0.2) is 0 Å². The number of hydrogen-bond donors (Lipinski definition) is 0. The molecular weight excluding hydrogens is 410 g/mol. The van der Waals surface area contributed by atoms with Crippen molar-refractivity contribution in [2.45, 2.75) is 4.90 Å². The Morgan fingerprint density at radius 3 is 2.04 bits per heavy atom. The van der Waals surface area contributed by atoms with Crippen molar-refractivity contribution in [1.29, 1.82) is 0 Å². The van der Waals surface area contributed by atoms with E-state index < -0.39 is 26.2 Å². The monoisotopic (exact) mass is 433 g/mol. The zero-order valence-corrected chi connectivity index (χ0v) is 17.1. The summed E-state index contributed by atoms with van der Waals surface area (Å²) in [5.41, 5.74) is -0.0478. The highest BCUT2D eigenvalue weighted by atomic mass is 32.2. The maximum Gasteiger partial charge on any atom is 0.339 e. The summed E-state index contributed by atoms with van der Waals surface area (Å²) < 4.78 is 65.1. The molecule has 0 saturated carbocycles. The molecule has 2 aliphatic rings. The van der Waals surface area contributed by atoms with Crippen LogP contribution in [-0.4, -0.2) is 95.3 Å². The van der Waals surface area contributed by atoms with Gasteiger partial charge in [-0.25, -0.2) is 13.2 Å². The van der Waals surface area contributed by atoms with Gasteiger partial charge < -0.3 is 9.47 Å². The van der Waals surface area contributed by atoms with E-state index >= 15 is 0 Å². The maximum absolute atomic E-state index is 13.0. The molecule has 156 valence electrons. The van der Waals surface area contributed by atoms with Crippen molar-refractivity contribution < 1.29 is 31.1 Å². The van der Waals surface area contributed by atoms with Crippen molar-refractivity contribution in [3.8, 4) is 0 Å². The van der Waals surface area contributed by atoms with Gasteiger partial charge in [0.25, 0.3) is 10.2 Å². The van der Waals surface area contributed by atoms with Crippen molar-refractivity contribution in [3.05, 3.63) is 29.8 Å². The summed E-state index contributed by atoms with van der Waals surface area (Å²) >= 11 is 0. The summed E-state index contributed by atoms with van der Waals surface area (Å²) in [5.74, 6) is -0.743. The molecule has 3 rings (SSSR count). The fraction of sp³-hybridized carbons (Fsp3) is 0.562. The van der Waals surface area contributed by atoms with Crippen LogP contribution >= 0.6 is 0 Å². The Kier molecular flexibility index (Phi) is 6.37. The largest absolute Gasteiger partial charge is 0.465 e. The summed E-state index contributed by atoms with van der Waals surface area (Å²) in [4.78, 5) is 11.8. The highest BCUT2D eigenvalue weighted by Gasteiger charge is 2.37. The van der Waals surface area contributed by atoms with E-state index in [2.05, 4.69) is 4.74 Å². The van der Waals surface area contributed by atoms with Crippen molar-refractivity contribution in [3.63, 3.8) is 0 Å². The number of hydrogen-bond acceptors (Lipinski definition) is 7. The van der Waals surface area contributed by atoms with E-state index in [-0.39, 0.29) is 49.7 Å². The smallest absolute Gasteiger partial charge is 0.339 e. The fourth-order valence-corrected chi connectivity index (χ4v) is 6.35. The van der Waals surface area contributed by atoms with Crippen molar-refractivity contribution in [2.24, 2.45) is 0 Å². The first-order valence-electron chi connectivity index (χ1n) is 8.79. The second-order valence-corrected chi connectivity index (χ2v) is 10.1. The summed E-state index contributed by atoms with van der Waals surface area (Å²) in [6.07, 6.45) is 0. The highest BCUT2D eigenvalue weighted by molar-refractivity contribution is 7.89. The van der Waals surface area contributed by atoms with Gasteiger partial charge in [0.2, 0.25) is 10.0 Å². The summed E-state index contributed by atoms with van der Waals surface area (Å²) in [6, 6.07) is 5.81. The van der Waals surface area contributed by atoms with Crippen LogP contribution in [0, 0.1) is 0 Å². The van der Waals surface area contributed by atoms with E-state index in [1.54, 1.807) is 6.07 Å². The molecule has 0 N–H and O–H groups in total. The number of ether oxygens (including phenoxy) is 2. The van der Waals surface area contributed by atoms with Gasteiger partial charge in [-0.05, 0) is 12.1 Å². The van der Waals surface area contributed by atoms with Crippen LogP contribution in [0.25, 0.3) is 0 Å². The average Bonchev–Trinajstić information content (AvgIpc) is 2.74. The molecule has 1 aromatic rings. The predicted molar refractivity (Wildman–Crippen MR) is 99.4 cm³/mol. The topological polar surface area (TPSA) is 114 Å². The number of rotatable bonds is 5. The van der Waals surface area contributed by atoms with Gasteiger partial charge in [-0.15, -0.1) is 0 Å². The molecular formula is C16H23N3O7S2. The van der Waals surface area contributed by atoms with Gasteiger partial charge in [-0.1, -0.05) is 12.1 Å². The lowest BCUT2D eigenvalue weighted by atomic mass is 10.2. The molecule has 0 spiro atoms. The van der Waals surface area contributed by atoms with Gasteiger partial charge >= 0.3 is 5.97 Å². The number of sulfonamides is 1. The van der Waals surface area contributed by atoms with E-state index in [4.69, 9.17) is 4.74 Å². The number of piperazine rings is 1. The lowest BCUT2D eigenvalue weighted by Gasteiger charge is -2.37. The number of esters is 1. The van der Waals surface area contributed by atoms with Crippen LogP contribution in [0.15, 0.2) is 29.2 Å². The standard InChI is InChI=1S/C16H23N3O7S2/c1-25-16(20)14-4-2-3-5-15(14)27(21,22)17-6-8-18(9-7-17)28(23,24)19-10-12-26-13-11-19/h2-5H,6-13H2,1H3. The van der Waals surface area contributed by atoms with Crippen molar-refractivity contribution >= 4 is 26.2 Å². The Morgan fingerprint density at radius 1 is 0.893 bits per heavy atom. The molecule has 28 heavy (non-hydrogen) atoms. The van der Waals surface area contributed by atoms with Gasteiger partial charge in [0, 0.05) is 39.3 Å². The number of methoxy groups -OCH3 is 1. The Balaban J connectivity index is 1.75. The maximum atomic E-state index is 13.0. The van der Waals surface area contributed by atoms with Crippen LogP contribution in [0.3, 0.4) is 0 Å². The molecule has 2 heterocycles. The first kappa shape index (κ1) is 21.1. The first-order valence-corrected chi connectivity index (χ1v) is 11.6. The van der Waals surface area contributed by atoms with Crippen molar-refractivity contribution in [1.82, 2.24) is 12.9 Å². The predicted octanol–water partition coefficient (Wildman–Crippen LogP) is -0.643. The molecule has 0 bridgehead atoms. The Morgan fingerprint density at radius 2 is 1.43 bits per heavy atom. The summed E-state index contributed by atoms with van der Waals surface area (Å²) in [6.45, 7) is 1.35. The minimum Gasteiger partial charge on any atom is -0.465 e. The molecule has 10 nitrogen and oxygen atoms in total. The van der Waals surface area contributed by atoms with Gasteiger partial charge in [-0.3, -0.25) is 0 Å². The van der Waals surface area contributed by atoms with Crippen LogP contribution in [0.1, 0.15) is 10.4 Å². The van der Waals surface area contributed by atoms with E-state index in [9.17, 15) is 21.6 Å². The minimum atomic E-state index is -3.96. The van der Waals surface area contributed by atoms with Crippen LogP contribution in [0.5, 0.6) is 0 Å². The molecule has 0 aliphatic carbocycles. The number of nitrogens with zero attached hydrogens (tertiary/aromatic N) is 3. The zero-order valence-electron chi connectivity index (χ0n) is 15.5. The lowest BCUT2D eigenvalue weighted by Crippen LogP contribution is -2.55. The molecule has 0 amide bonds. The van der Waals surface area contributed by atoms with Gasteiger partial charge in [-0.2, -0.15) is 21.3 Å². The molecule has 12 heteroatoms. The molecule has 2 saturated heterocycles. The van der Waals surface area contributed by atoms with Crippen molar-refractivity contribution in [2.75, 3.05) is 59.6 Å². The van der Waals surface area contributed by atoms with Crippen LogP contribution in [0.2, 0.25) is 0 Å². The first-order chi connectivity index (χ1) is 13.3. The van der Waals surface area contributed by atoms with Crippen LogP contribution in [-0.2, 0) is 29.7 Å². The molecule has 0 radical (unpaired) electrons. The fourth-order valence-electron chi connectivity index (χ4n) is 3.19. The molecule has 0 unspecified atom stereocenters. The molecule has 1 aromatic carbocycles. The normalized spacial score (nSPS) is 20.8. The highest BCUT2D eigenvalue weighted by Crippen LogP contribution is 2.23. The third-order valence-corrected chi connectivity index (χ3v) is 8.72. The lowest BCUT2D eigenvalue weighted by molar-refractivity contribution is 0.0596. The number of carbonyl (C=O) groups excluding carboxylic acids is 1. The minimum absolute atomic E-state index is 0.00140. The van der Waals surface area contributed by atoms with E-state index in [1.807, 2.05) is 0 Å². The van der Waals surface area contributed by atoms with E-state index in [0.29, 0.717) is 13.2 Å². The number of carbonyl (C=O) groups is 1. The molecule has 0 aromatic heterocycles. The molecule has 2 aliphatic heterocycles. The molecule has 0 atom stereocenters. The number of morpholine rings is 1. The van der Waals surface area contributed by atoms with Gasteiger partial charge in [0.05, 0.1) is 30.8 Å². The summed E-state index contributed by atoms with van der Waals surface area (Å²) in [5, 5.41) is 0. The van der Waals surface area contributed by atoms with Crippen LogP contribution in [0.4, 0.5) is 0 Å². The molecule has 2 fully saturated rings. The third-order valence-electron chi connectivity index (χ3n) is 4.73. The Bertz CT molecular complexity index is 919. The third kappa shape index (κ3) is 4.07. The second-order valence-electron chi connectivity index (χ2n) is 6.31. The van der Waals surface area contributed by atoms with E-state index in [0.717, 1.165) is 0 Å². The average molecular weight is 434 g/mol. The second kappa shape index (κ2) is 8.43. The van der Waals surface area contributed by atoms with E-state index in [1.165, 1.54) is 38.2 Å². The zero-order chi connectivity index (χ0) is 20.4. The number of benzene rings is 1. The van der Waals surface area contributed by atoms with Crippen LogP contribution < -0.4 is 0 Å².